The number of ether oxygens (including phenoxy) is 2. The summed E-state index contributed by atoms with van der Waals surface area (Å²) < 4.78 is 65.5. The van der Waals surface area contributed by atoms with Crippen molar-refractivity contribution in [2.75, 3.05) is 13.7 Å². The van der Waals surface area contributed by atoms with Gasteiger partial charge in [0.05, 0.1) is 19.3 Å². The van der Waals surface area contributed by atoms with E-state index in [4.69, 9.17) is 9.47 Å². The van der Waals surface area contributed by atoms with Crippen molar-refractivity contribution >= 4 is 10.0 Å². The Kier molecular flexibility index (Phi) is 4.13. The molecule has 1 aromatic carbocycles. The molecule has 3 rings (SSSR count). The topological polar surface area (TPSA) is 64.6 Å². The summed E-state index contributed by atoms with van der Waals surface area (Å²) in [6.07, 6.45) is 2.06. The lowest BCUT2D eigenvalue weighted by Crippen LogP contribution is -2.51. The number of hydrogen-bond donors (Lipinski definition) is 1. The predicted molar refractivity (Wildman–Crippen MR) is 83.3 cm³/mol. The van der Waals surface area contributed by atoms with Crippen molar-refractivity contribution in [2.24, 2.45) is 5.41 Å². The molecule has 0 aromatic heterocycles. The summed E-state index contributed by atoms with van der Waals surface area (Å²) in [7, 11) is -3.03. The van der Waals surface area contributed by atoms with Crippen LogP contribution in [-0.4, -0.2) is 33.8 Å². The van der Waals surface area contributed by atoms with Crippen LogP contribution in [0.25, 0.3) is 0 Å². The Labute approximate surface area is 140 Å². The molecule has 0 amide bonds. The minimum absolute atomic E-state index is 0.0340. The van der Waals surface area contributed by atoms with E-state index in [-0.39, 0.29) is 22.8 Å². The van der Waals surface area contributed by atoms with Crippen LogP contribution in [0.2, 0.25) is 0 Å². The molecule has 5 nitrogen and oxygen atoms in total. The van der Waals surface area contributed by atoms with Crippen LogP contribution in [0.5, 0.6) is 5.75 Å². The molecule has 0 atom stereocenters. The van der Waals surface area contributed by atoms with E-state index >= 15 is 0 Å². The summed E-state index contributed by atoms with van der Waals surface area (Å²) >= 11 is 0. The van der Waals surface area contributed by atoms with Gasteiger partial charge in [0.1, 0.15) is 17.4 Å². The Bertz CT molecular complexity index is 734. The standard InChI is InChI=1S/C16H21F2NO4S/c1-15(2)8-16(9-23-15)6-10(7-16)19-24(20,21)14-12(17)4-11(22-3)5-13(14)18/h4-5,10,19H,6-9H2,1-3H3. The van der Waals surface area contributed by atoms with Crippen LogP contribution in [0.15, 0.2) is 17.0 Å². The Morgan fingerprint density at radius 3 is 2.29 bits per heavy atom. The van der Waals surface area contributed by atoms with Gasteiger partial charge < -0.3 is 9.47 Å². The fourth-order valence-corrected chi connectivity index (χ4v) is 5.23. The summed E-state index contributed by atoms with van der Waals surface area (Å²) in [5, 5.41) is 0. The minimum atomic E-state index is -4.28. The molecule has 1 aromatic rings. The van der Waals surface area contributed by atoms with Crippen LogP contribution >= 0.6 is 0 Å². The quantitative estimate of drug-likeness (QED) is 0.895. The summed E-state index contributed by atoms with van der Waals surface area (Å²) in [5.74, 6) is -2.41. The number of methoxy groups -OCH3 is 1. The Morgan fingerprint density at radius 2 is 1.83 bits per heavy atom. The lowest BCUT2D eigenvalue weighted by molar-refractivity contribution is 0.0198. The Balaban J connectivity index is 1.73. The van der Waals surface area contributed by atoms with E-state index in [1.165, 1.54) is 7.11 Å². The van der Waals surface area contributed by atoms with E-state index in [1.54, 1.807) is 0 Å². The van der Waals surface area contributed by atoms with Crippen molar-refractivity contribution in [3.05, 3.63) is 23.8 Å². The normalized spacial score (nSPS) is 28.8. The van der Waals surface area contributed by atoms with Crippen LogP contribution in [0.3, 0.4) is 0 Å². The molecule has 2 aliphatic rings. The first-order valence-corrected chi connectivity index (χ1v) is 9.24. The third-order valence-electron chi connectivity index (χ3n) is 4.73. The van der Waals surface area contributed by atoms with Gasteiger partial charge >= 0.3 is 0 Å². The van der Waals surface area contributed by atoms with Crippen molar-refractivity contribution in [3.63, 3.8) is 0 Å². The van der Waals surface area contributed by atoms with Gasteiger partial charge in [-0.25, -0.2) is 21.9 Å². The predicted octanol–water partition coefficient (Wildman–Crippen LogP) is 2.60. The molecule has 1 saturated carbocycles. The van der Waals surface area contributed by atoms with Crippen molar-refractivity contribution in [3.8, 4) is 5.75 Å². The van der Waals surface area contributed by atoms with Gasteiger partial charge in [0.25, 0.3) is 0 Å². The van der Waals surface area contributed by atoms with E-state index in [0.29, 0.717) is 19.4 Å². The maximum atomic E-state index is 14.0. The minimum Gasteiger partial charge on any atom is -0.497 e. The zero-order valence-electron chi connectivity index (χ0n) is 13.9. The fraction of sp³-hybridized carbons (Fsp3) is 0.625. The molecular formula is C16H21F2NO4S. The Morgan fingerprint density at radius 1 is 1.25 bits per heavy atom. The number of sulfonamides is 1. The fourth-order valence-electron chi connectivity index (χ4n) is 3.87. The maximum Gasteiger partial charge on any atom is 0.246 e. The molecule has 24 heavy (non-hydrogen) atoms. The van der Waals surface area contributed by atoms with E-state index < -0.39 is 26.6 Å². The summed E-state index contributed by atoms with van der Waals surface area (Å²) in [5.41, 5.74) is -0.244. The van der Waals surface area contributed by atoms with E-state index in [2.05, 4.69) is 4.72 Å². The van der Waals surface area contributed by atoms with Crippen LogP contribution in [-0.2, 0) is 14.8 Å². The number of halogens is 2. The number of rotatable bonds is 4. The van der Waals surface area contributed by atoms with Gasteiger partial charge in [-0.15, -0.1) is 0 Å². The van der Waals surface area contributed by atoms with Gasteiger partial charge in [-0.1, -0.05) is 0 Å². The third-order valence-corrected chi connectivity index (χ3v) is 6.30. The zero-order valence-corrected chi connectivity index (χ0v) is 14.7. The van der Waals surface area contributed by atoms with Crippen molar-refractivity contribution in [1.82, 2.24) is 4.72 Å². The van der Waals surface area contributed by atoms with E-state index in [0.717, 1.165) is 18.6 Å². The maximum absolute atomic E-state index is 14.0. The highest BCUT2D eigenvalue weighted by atomic mass is 32.2. The lowest BCUT2D eigenvalue weighted by Gasteiger charge is -2.44. The first kappa shape index (κ1) is 17.6. The molecule has 2 fully saturated rings. The van der Waals surface area contributed by atoms with Crippen LogP contribution in [0.4, 0.5) is 8.78 Å². The monoisotopic (exact) mass is 361 g/mol. The van der Waals surface area contributed by atoms with Crippen LogP contribution < -0.4 is 9.46 Å². The van der Waals surface area contributed by atoms with E-state index in [9.17, 15) is 17.2 Å². The van der Waals surface area contributed by atoms with Gasteiger partial charge in [0.15, 0.2) is 4.90 Å². The van der Waals surface area contributed by atoms with Crippen molar-refractivity contribution in [1.29, 1.82) is 0 Å². The molecule has 0 bridgehead atoms. The van der Waals surface area contributed by atoms with Crippen molar-refractivity contribution < 1.29 is 26.7 Å². The zero-order chi connectivity index (χ0) is 17.8. The molecule has 1 aliphatic carbocycles. The summed E-state index contributed by atoms with van der Waals surface area (Å²) in [6.45, 7) is 4.59. The molecule has 1 saturated heterocycles. The molecule has 0 radical (unpaired) electrons. The second kappa shape index (κ2) is 5.64. The van der Waals surface area contributed by atoms with Gasteiger partial charge in [-0.3, -0.25) is 0 Å². The second-order valence-corrected chi connectivity index (χ2v) is 9.02. The van der Waals surface area contributed by atoms with Crippen LogP contribution in [0, 0.1) is 17.0 Å². The SMILES string of the molecule is COc1cc(F)c(S(=O)(=O)NC2CC3(COC(C)(C)C3)C2)c(F)c1. The highest BCUT2D eigenvalue weighted by Crippen LogP contribution is 2.52. The van der Waals surface area contributed by atoms with Crippen molar-refractivity contribution in [2.45, 2.75) is 49.6 Å². The smallest absolute Gasteiger partial charge is 0.246 e. The van der Waals surface area contributed by atoms with Gasteiger partial charge in [-0.05, 0) is 38.5 Å². The van der Waals surface area contributed by atoms with Gasteiger partial charge in [-0.2, -0.15) is 0 Å². The van der Waals surface area contributed by atoms with Gasteiger partial charge in [0, 0.05) is 18.2 Å². The Hall–Kier alpha value is -1.25. The lowest BCUT2D eigenvalue weighted by atomic mass is 9.63. The molecule has 134 valence electrons. The second-order valence-electron chi connectivity index (χ2n) is 7.37. The highest BCUT2D eigenvalue weighted by molar-refractivity contribution is 7.89. The number of hydrogen-bond acceptors (Lipinski definition) is 4. The van der Waals surface area contributed by atoms with E-state index in [1.807, 2.05) is 13.8 Å². The van der Waals surface area contributed by atoms with Gasteiger partial charge in [0.2, 0.25) is 10.0 Å². The molecule has 8 heteroatoms. The molecular weight excluding hydrogens is 340 g/mol. The summed E-state index contributed by atoms with van der Waals surface area (Å²) in [4.78, 5) is -0.966. The average Bonchev–Trinajstić information content (AvgIpc) is 2.72. The first-order chi connectivity index (χ1) is 11.1. The summed E-state index contributed by atoms with van der Waals surface area (Å²) in [6, 6.07) is 1.37. The third kappa shape index (κ3) is 3.14. The average molecular weight is 361 g/mol. The van der Waals surface area contributed by atoms with Crippen LogP contribution in [0.1, 0.15) is 33.1 Å². The molecule has 1 N–H and O–H groups in total. The number of nitrogens with one attached hydrogen (secondary N) is 1. The molecule has 0 unspecified atom stereocenters. The molecule has 1 heterocycles. The first-order valence-electron chi connectivity index (χ1n) is 7.75. The molecule has 1 aliphatic heterocycles. The number of benzene rings is 1. The molecule has 1 spiro atoms. The highest BCUT2D eigenvalue weighted by Gasteiger charge is 2.53. The largest absolute Gasteiger partial charge is 0.497 e.